The number of likely N-dealkylation sites (tertiary alicyclic amines) is 1. The van der Waals surface area contributed by atoms with E-state index in [1.807, 2.05) is 11.5 Å². The number of aryl methyl sites for hydroxylation is 1. The average Bonchev–Trinajstić information content (AvgIpc) is 3.34. The molecule has 0 atom stereocenters. The molecule has 8 heteroatoms. The van der Waals surface area contributed by atoms with Gasteiger partial charge in [-0.1, -0.05) is 19.3 Å². The lowest BCUT2D eigenvalue weighted by atomic mass is 9.96. The molecule has 2 aromatic rings. The molecule has 4 rings (SSSR count). The third-order valence-electron chi connectivity index (χ3n) is 6.78. The number of nitrogens with zero attached hydrogens (tertiary/aromatic N) is 3. The molecule has 0 N–H and O–H groups in total. The minimum atomic E-state index is -3.73. The maximum absolute atomic E-state index is 13.3. The Labute approximate surface area is 183 Å². The van der Waals surface area contributed by atoms with E-state index in [0.717, 1.165) is 44.9 Å². The lowest BCUT2D eigenvalue weighted by Gasteiger charge is -2.30. The van der Waals surface area contributed by atoms with Crippen molar-refractivity contribution in [3.8, 4) is 0 Å². The van der Waals surface area contributed by atoms with Crippen LogP contribution in [0.3, 0.4) is 0 Å². The maximum Gasteiger partial charge on any atom is 0.259 e. The molecule has 1 saturated heterocycles. The topological polar surface area (TPSA) is 79.7 Å². The van der Waals surface area contributed by atoms with Crippen LogP contribution in [-0.2, 0) is 16.6 Å². The Morgan fingerprint density at radius 3 is 2.42 bits per heavy atom. The van der Waals surface area contributed by atoms with E-state index >= 15 is 0 Å². The number of sulfonamides is 1. The van der Waals surface area contributed by atoms with Crippen LogP contribution in [0, 0.1) is 0 Å². The number of carbonyl (C=O) groups excluding carboxylic acids is 1. The number of hydrogen-bond donors (Lipinski definition) is 0. The van der Waals surface area contributed by atoms with Crippen molar-refractivity contribution in [1.29, 1.82) is 0 Å². The standard InChI is InChI=1S/C23H31N3O4S/c1-3-25-16-20(23(28)26-13-7-8-14-26)22(27)19-15-18(11-12-21(19)25)31(29,30)24(2)17-9-5-4-6-10-17/h11-12,15-17H,3-10,13-14H2,1-2H3. The van der Waals surface area contributed by atoms with Crippen LogP contribution in [0.5, 0.6) is 0 Å². The fourth-order valence-corrected chi connectivity index (χ4v) is 6.29. The van der Waals surface area contributed by atoms with Gasteiger partial charge in [-0.3, -0.25) is 9.59 Å². The van der Waals surface area contributed by atoms with Crippen molar-refractivity contribution in [1.82, 2.24) is 13.8 Å². The molecule has 1 aromatic heterocycles. The van der Waals surface area contributed by atoms with Crippen LogP contribution in [-0.4, -0.2) is 54.3 Å². The van der Waals surface area contributed by atoms with Gasteiger partial charge in [-0.15, -0.1) is 0 Å². The van der Waals surface area contributed by atoms with Gasteiger partial charge in [0, 0.05) is 44.3 Å². The molecule has 2 fully saturated rings. The average molecular weight is 446 g/mol. The van der Waals surface area contributed by atoms with Crippen molar-refractivity contribution >= 4 is 26.8 Å². The van der Waals surface area contributed by atoms with Gasteiger partial charge in [0.25, 0.3) is 5.91 Å². The molecule has 1 aliphatic heterocycles. The lowest BCUT2D eigenvalue weighted by molar-refractivity contribution is 0.0791. The third-order valence-corrected chi connectivity index (χ3v) is 8.69. The van der Waals surface area contributed by atoms with E-state index in [-0.39, 0.29) is 27.8 Å². The molecule has 1 amide bonds. The molecule has 1 aliphatic carbocycles. The lowest BCUT2D eigenvalue weighted by Crippen LogP contribution is -2.38. The minimum Gasteiger partial charge on any atom is -0.347 e. The summed E-state index contributed by atoms with van der Waals surface area (Å²) < 4.78 is 29.9. The maximum atomic E-state index is 13.3. The Morgan fingerprint density at radius 2 is 1.77 bits per heavy atom. The summed E-state index contributed by atoms with van der Waals surface area (Å²) in [7, 11) is -2.09. The molecule has 2 aliphatic rings. The highest BCUT2D eigenvalue weighted by molar-refractivity contribution is 7.89. The van der Waals surface area contributed by atoms with Crippen molar-refractivity contribution in [2.24, 2.45) is 0 Å². The molecule has 2 heterocycles. The van der Waals surface area contributed by atoms with Gasteiger partial charge in [0.05, 0.1) is 10.4 Å². The Morgan fingerprint density at radius 1 is 1.10 bits per heavy atom. The molecule has 0 unspecified atom stereocenters. The van der Waals surface area contributed by atoms with E-state index in [0.29, 0.717) is 25.2 Å². The summed E-state index contributed by atoms with van der Waals surface area (Å²) in [4.78, 5) is 28.1. The number of hydrogen-bond acceptors (Lipinski definition) is 4. The summed E-state index contributed by atoms with van der Waals surface area (Å²) >= 11 is 0. The van der Waals surface area contributed by atoms with Crippen LogP contribution in [0.25, 0.3) is 10.9 Å². The van der Waals surface area contributed by atoms with Crippen LogP contribution in [0.2, 0.25) is 0 Å². The van der Waals surface area contributed by atoms with Crippen molar-refractivity contribution < 1.29 is 13.2 Å². The zero-order chi connectivity index (χ0) is 22.2. The van der Waals surface area contributed by atoms with Crippen LogP contribution in [0.4, 0.5) is 0 Å². The zero-order valence-corrected chi connectivity index (χ0v) is 19.2. The smallest absolute Gasteiger partial charge is 0.259 e. The van der Waals surface area contributed by atoms with Gasteiger partial charge >= 0.3 is 0 Å². The van der Waals surface area contributed by atoms with Crippen LogP contribution in [0.1, 0.15) is 62.2 Å². The second kappa shape index (κ2) is 8.74. The van der Waals surface area contributed by atoms with Crippen molar-refractivity contribution in [3.05, 3.63) is 40.2 Å². The first kappa shape index (κ1) is 22.0. The van der Waals surface area contributed by atoms with Gasteiger partial charge < -0.3 is 9.47 Å². The predicted molar refractivity (Wildman–Crippen MR) is 121 cm³/mol. The second-order valence-corrected chi connectivity index (χ2v) is 10.6. The number of carbonyl (C=O) groups is 1. The second-order valence-electron chi connectivity index (χ2n) is 8.65. The van der Waals surface area contributed by atoms with Crippen molar-refractivity contribution in [2.45, 2.75) is 69.4 Å². The van der Waals surface area contributed by atoms with Crippen LogP contribution in [0.15, 0.2) is 34.1 Å². The van der Waals surface area contributed by atoms with E-state index < -0.39 is 15.5 Å². The molecule has 168 valence electrons. The fourth-order valence-electron chi connectivity index (χ4n) is 4.85. The van der Waals surface area contributed by atoms with Crippen molar-refractivity contribution in [2.75, 3.05) is 20.1 Å². The molecule has 31 heavy (non-hydrogen) atoms. The quantitative estimate of drug-likeness (QED) is 0.708. The third kappa shape index (κ3) is 4.03. The molecule has 0 bridgehead atoms. The number of rotatable bonds is 5. The van der Waals surface area contributed by atoms with E-state index in [1.54, 1.807) is 30.3 Å². The zero-order valence-electron chi connectivity index (χ0n) is 18.3. The predicted octanol–water partition coefficient (Wildman–Crippen LogP) is 3.21. The number of aromatic nitrogens is 1. The Bertz CT molecular complexity index is 1140. The number of pyridine rings is 1. The fraction of sp³-hybridized carbons (Fsp3) is 0.565. The van der Waals surface area contributed by atoms with E-state index in [2.05, 4.69) is 0 Å². The first-order valence-corrected chi connectivity index (χ1v) is 12.7. The summed E-state index contributed by atoms with van der Waals surface area (Å²) in [6.45, 7) is 3.83. The molecule has 1 saturated carbocycles. The van der Waals surface area contributed by atoms with Gasteiger partial charge in [-0.2, -0.15) is 4.31 Å². The summed E-state index contributed by atoms with van der Waals surface area (Å²) in [5.41, 5.74) is 0.366. The molecule has 1 aromatic carbocycles. The first-order chi connectivity index (χ1) is 14.8. The largest absolute Gasteiger partial charge is 0.347 e. The van der Waals surface area contributed by atoms with Crippen molar-refractivity contribution in [3.63, 3.8) is 0 Å². The Kier molecular flexibility index (Phi) is 6.21. The SMILES string of the molecule is CCn1cc(C(=O)N2CCCC2)c(=O)c2cc(S(=O)(=O)N(C)C3CCCCC3)ccc21. The van der Waals surface area contributed by atoms with Gasteiger partial charge in [-0.25, -0.2) is 8.42 Å². The molecule has 0 spiro atoms. The normalized spacial score (nSPS) is 18.2. The highest BCUT2D eigenvalue weighted by Gasteiger charge is 2.30. The van der Waals surface area contributed by atoms with Crippen LogP contribution >= 0.6 is 0 Å². The summed E-state index contributed by atoms with van der Waals surface area (Å²) in [6, 6.07) is 4.71. The van der Waals surface area contributed by atoms with Gasteiger partial charge in [0.2, 0.25) is 15.5 Å². The van der Waals surface area contributed by atoms with Gasteiger partial charge in [0.1, 0.15) is 5.56 Å². The Balaban J connectivity index is 1.79. The van der Waals surface area contributed by atoms with Crippen LogP contribution < -0.4 is 5.43 Å². The van der Waals surface area contributed by atoms with E-state index in [4.69, 9.17) is 0 Å². The molecule has 7 nitrogen and oxygen atoms in total. The van der Waals surface area contributed by atoms with E-state index in [9.17, 15) is 18.0 Å². The molecular formula is C23H31N3O4S. The molecular weight excluding hydrogens is 414 g/mol. The number of amides is 1. The summed E-state index contributed by atoms with van der Waals surface area (Å²) in [6.07, 6.45) is 8.44. The minimum absolute atomic E-state index is 0.00942. The summed E-state index contributed by atoms with van der Waals surface area (Å²) in [5, 5.41) is 0.282. The first-order valence-electron chi connectivity index (χ1n) is 11.3. The highest BCUT2D eigenvalue weighted by atomic mass is 32.2. The van der Waals surface area contributed by atoms with Gasteiger partial charge in [-0.05, 0) is 50.8 Å². The number of fused-ring (bicyclic) bond motifs is 1. The van der Waals surface area contributed by atoms with E-state index in [1.165, 1.54) is 10.4 Å². The highest BCUT2D eigenvalue weighted by Crippen LogP contribution is 2.28. The number of benzene rings is 1. The Hall–Kier alpha value is -2.19. The van der Waals surface area contributed by atoms with Gasteiger partial charge in [0.15, 0.2) is 0 Å². The monoisotopic (exact) mass is 445 g/mol. The molecule has 0 radical (unpaired) electrons. The summed E-state index contributed by atoms with van der Waals surface area (Å²) in [5.74, 6) is -0.265.